The number of benzene rings is 1. The zero-order valence-electron chi connectivity index (χ0n) is 9.22. The monoisotopic (exact) mass is 281 g/mol. The van der Waals surface area contributed by atoms with E-state index in [9.17, 15) is 5.11 Å². The molecule has 1 fully saturated rings. The molecule has 0 atom stereocenters. The quantitative estimate of drug-likeness (QED) is 0.831. The van der Waals surface area contributed by atoms with E-state index in [1.165, 1.54) is 24.0 Å². The first-order valence-electron chi connectivity index (χ1n) is 5.94. The average molecular weight is 282 g/mol. The van der Waals surface area contributed by atoms with Crippen molar-refractivity contribution in [3.63, 3.8) is 0 Å². The van der Waals surface area contributed by atoms with Crippen LogP contribution in [0.5, 0.6) is 5.75 Å². The van der Waals surface area contributed by atoms with Gasteiger partial charge in [0.05, 0.1) is 4.47 Å². The third-order valence-corrected chi connectivity index (χ3v) is 4.74. The van der Waals surface area contributed by atoms with Crippen LogP contribution in [0.2, 0.25) is 0 Å². The van der Waals surface area contributed by atoms with Crippen LogP contribution in [0.15, 0.2) is 10.5 Å². The number of phenols is 1. The van der Waals surface area contributed by atoms with Gasteiger partial charge in [0.1, 0.15) is 5.75 Å². The molecule has 16 heavy (non-hydrogen) atoms. The number of fused-ring (bicyclic) bond motifs is 1. The van der Waals surface area contributed by atoms with Crippen molar-refractivity contribution in [3.05, 3.63) is 27.2 Å². The highest BCUT2D eigenvalue weighted by Gasteiger charge is 2.43. The van der Waals surface area contributed by atoms with Gasteiger partial charge in [0, 0.05) is 11.1 Å². The summed E-state index contributed by atoms with van der Waals surface area (Å²) in [7, 11) is 0. The lowest BCUT2D eigenvalue weighted by Crippen LogP contribution is -2.20. The van der Waals surface area contributed by atoms with Crippen LogP contribution in [0.1, 0.15) is 42.4 Å². The summed E-state index contributed by atoms with van der Waals surface area (Å²) in [6, 6.07) is 2.14. The molecule has 0 aromatic heterocycles. The summed E-state index contributed by atoms with van der Waals surface area (Å²) >= 11 is 3.53. The number of aryl methyl sites for hydroxylation is 1. The Morgan fingerprint density at radius 3 is 2.62 bits per heavy atom. The molecule has 0 amide bonds. The summed E-state index contributed by atoms with van der Waals surface area (Å²) in [5.74, 6) is 0.376. The molecule has 3 rings (SSSR count). The third kappa shape index (κ3) is 1.49. The third-order valence-electron chi connectivity index (χ3n) is 3.88. The molecule has 1 saturated carbocycles. The Kier molecular flexibility index (Phi) is 2.30. The Morgan fingerprint density at radius 2 is 1.94 bits per heavy atom. The molecular formula is C13H16BrNO. The van der Waals surface area contributed by atoms with E-state index in [-0.39, 0.29) is 5.54 Å². The van der Waals surface area contributed by atoms with Gasteiger partial charge in [-0.15, -0.1) is 0 Å². The van der Waals surface area contributed by atoms with Crippen molar-refractivity contribution in [1.82, 2.24) is 0 Å². The molecule has 0 unspecified atom stereocenters. The maximum atomic E-state index is 10.2. The van der Waals surface area contributed by atoms with Crippen LogP contribution in [-0.4, -0.2) is 5.11 Å². The van der Waals surface area contributed by atoms with Gasteiger partial charge in [0.2, 0.25) is 0 Å². The summed E-state index contributed by atoms with van der Waals surface area (Å²) in [5.41, 5.74) is 9.55. The van der Waals surface area contributed by atoms with Crippen LogP contribution >= 0.6 is 15.9 Å². The van der Waals surface area contributed by atoms with Gasteiger partial charge < -0.3 is 10.8 Å². The van der Waals surface area contributed by atoms with Gasteiger partial charge in [0.25, 0.3) is 0 Å². The van der Waals surface area contributed by atoms with Crippen molar-refractivity contribution >= 4 is 15.9 Å². The first-order chi connectivity index (χ1) is 7.62. The van der Waals surface area contributed by atoms with Gasteiger partial charge in [-0.2, -0.15) is 0 Å². The summed E-state index contributed by atoms with van der Waals surface area (Å²) in [6.45, 7) is 0. The molecule has 0 bridgehead atoms. The van der Waals surface area contributed by atoms with Crippen molar-refractivity contribution in [2.45, 2.75) is 44.1 Å². The van der Waals surface area contributed by atoms with Crippen LogP contribution in [0.25, 0.3) is 0 Å². The molecule has 0 radical (unpaired) electrons. The number of nitrogens with two attached hydrogens (primary N) is 1. The Morgan fingerprint density at radius 1 is 1.25 bits per heavy atom. The highest BCUT2D eigenvalue weighted by Crippen LogP contribution is 2.50. The van der Waals surface area contributed by atoms with E-state index >= 15 is 0 Å². The molecule has 2 nitrogen and oxygen atoms in total. The van der Waals surface area contributed by atoms with Crippen LogP contribution in [0.3, 0.4) is 0 Å². The van der Waals surface area contributed by atoms with Gasteiger partial charge in [-0.1, -0.05) is 0 Å². The van der Waals surface area contributed by atoms with Crippen molar-refractivity contribution < 1.29 is 5.11 Å². The Bertz CT molecular complexity index is 452. The zero-order chi connectivity index (χ0) is 11.3. The number of halogens is 1. The zero-order valence-corrected chi connectivity index (χ0v) is 10.8. The van der Waals surface area contributed by atoms with Crippen molar-refractivity contribution in [1.29, 1.82) is 0 Å². The van der Waals surface area contributed by atoms with Crippen LogP contribution in [-0.2, 0) is 18.4 Å². The van der Waals surface area contributed by atoms with Gasteiger partial charge in [0.15, 0.2) is 0 Å². The molecule has 0 saturated heterocycles. The second-order valence-electron chi connectivity index (χ2n) is 5.09. The average Bonchev–Trinajstić information content (AvgIpc) is 3.03. The molecule has 3 N–H and O–H groups in total. The Hall–Kier alpha value is -0.540. The SMILES string of the molecule is NC1(c2cc3c(c(Br)c2O)CCCC3)CC1. The number of hydrogen-bond acceptors (Lipinski definition) is 2. The van der Waals surface area contributed by atoms with Crippen LogP contribution in [0, 0.1) is 0 Å². The standard InChI is InChI=1S/C13H16BrNO/c14-11-9-4-2-1-3-8(9)7-10(12(11)16)13(15)5-6-13/h7,16H,1-6,15H2. The second kappa shape index (κ2) is 3.47. The first-order valence-corrected chi connectivity index (χ1v) is 6.74. The van der Waals surface area contributed by atoms with E-state index in [1.807, 2.05) is 0 Å². The Balaban J connectivity index is 2.17. The summed E-state index contributed by atoms with van der Waals surface area (Å²) in [5, 5.41) is 10.2. The summed E-state index contributed by atoms with van der Waals surface area (Å²) in [6.07, 6.45) is 6.65. The minimum atomic E-state index is -0.251. The lowest BCUT2D eigenvalue weighted by molar-refractivity contribution is 0.453. The number of aromatic hydroxyl groups is 1. The smallest absolute Gasteiger partial charge is 0.135 e. The molecule has 3 heteroatoms. The fourth-order valence-corrected chi connectivity index (χ4v) is 3.29. The predicted octanol–water partition coefficient (Wildman–Crippen LogP) is 2.98. The molecule has 1 aromatic rings. The highest BCUT2D eigenvalue weighted by molar-refractivity contribution is 9.10. The second-order valence-corrected chi connectivity index (χ2v) is 5.88. The maximum absolute atomic E-state index is 10.2. The van der Waals surface area contributed by atoms with Crippen LogP contribution in [0.4, 0.5) is 0 Å². The first kappa shape index (κ1) is 10.6. The summed E-state index contributed by atoms with van der Waals surface area (Å²) in [4.78, 5) is 0. The molecule has 86 valence electrons. The van der Waals surface area contributed by atoms with E-state index in [0.29, 0.717) is 5.75 Å². The fraction of sp³-hybridized carbons (Fsp3) is 0.538. The molecule has 1 aromatic carbocycles. The van der Waals surface area contributed by atoms with E-state index < -0.39 is 0 Å². The molecule has 2 aliphatic carbocycles. The largest absolute Gasteiger partial charge is 0.506 e. The minimum Gasteiger partial charge on any atom is -0.506 e. The van der Waals surface area contributed by atoms with Crippen molar-refractivity contribution in [2.75, 3.05) is 0 Å². The molecule has 2 aliphatic rings. The molecular weight excluding hydrogens is 266 g/mol. The van der Waals surface area contributed by atoms with Crippen LogP contribution < -0.4 is 5.73 Å². The Labute approximate surface area is 104 Å². The molecule has 0 heterocycles. The fourth-order valence-electron chi connectivity index (χ4n) is 2.63. The van der Waals surface area contributed by atoms with Crippen molar-refractivity contribution in [3.8, 4) is 5.75 Å². The van der Waals surface area contributed by atoms with E-state index in [0.717, 1.165) is 35.7 Å². The summed E-state index contributed by atoms with van der Waals surface area (Å²) < 4.78 is 0.886. The van der Waals surface area contributed by atoms with E-state index in [1.54, 1.807) is 0 Å². The van der Waals surface area contributed by atoms with E-state index in [4.69, 9.17) is 5.73 Å². The van der Waals surface area contributed by atoms with Crippen molar-refractivity contribution in [2.24, 2.45) is 5.73 Å². The lowest BCUT2D eigenvalue weighted by atomic mass is 9.88. The molecule has 0 spiro atoms. The highest BCUT2D eigenvalue weighted by atomic mass is 79.9. The number of phenolic OH excluding ortho intramolecular Hbond substituents is 1. The van der Waals surface area contributed by atoms with Gasteiger partial charge >= 0.3 is 0 Å². The lowest BCUT2D eigenvalue weighted by Gasteiger charge is -2.22. The minimum absolute atomic E-state index is 0.251. The molecule has 0 aliphatic heterocycles. The normalized spacial score (nSPS) is 21.6. The topological polar surface area (TPSA) is 46.2 Å². The van der Waals surface area contributed by atoms with Gasteiger partial charge in [-0.05, 0) is 71.6 Å². The number of hydrogen-bond donors (Lipinski definition) is 2. The van der Waals surface area contributed by atoms with Gasteiger partial charge in [-0.3, -0.25) is 0 Å². The van der Waals surface area contributed by atoms with E-state index in [2.05, 4.69) is 22.0 Å². The predicted molar refractivity (Wildman–Crippen MR) is 67.5 cm³/mol. The maximum Gasteiger partial charge on any atom is 0.135 e. The number of rotatable bonds is 1. The van der Waals surface area contributed by atoms with Gasteiger partial charge in [-0.25, -0.2) is 0 Å².